The van der Waals surface area contributed by atoms with E-state index in [4.69, 9.17) is 15.2 Å². The predicted octanol–water partition coefficient (Wildman–Crippen LogP) is 3.71. The second kappa shape index (κ2) is 7.31. The molecule has 0 aliphatic carbocycles. The van der Waals surface area contributed by atoms with Crippen molar-refractivity contribution in [2.75, 3.05) is 5.73 Å². The van der Waals surface area contributed by atoms with Gasteiger partial charge in [0.05, 0.1) is 11.1 Å². The van der Waals surface area contributed by atoms with Gasteiger partial charge in [0.25, 0.3) is 0 Å². The molecule has 0 heterocycles. The highest BCUT2D eigenvalue weighted by atomic mass is 16.5. The first-order valence-electron chi connectivity index (χ1n) is 7.57. The van der Waals surface area contributed by atoms with Crippen LogP contribution in [0.4, 0.5) is 5.69 Å². The maximum Gasteiger partial charge on any atom is 0.343 e. The number of hydrogen-bond acceptors (Lipinski definition) is 5. The monoisotopic (exact) mass is 333 g/mol. The first-order chi connectivity index (χ1) is 12.1. The van der Waals surface area contributed by atoms with E-state index in [0.29, 0.717) is 28.3 Å². The molecule has 0 aliphatic rings. The molecule has 124 valence electrons. The molecular formula is C20H15NO4. The van der Waals surface area contributed by atoms with Gasteiger partial charge in [-0.15, -0.1) is 0 Å². The lowest BCUT2D eigenvalue weighted by Crippen LogP contribution is -2.11. The lowest BCUT2D eigenvalue weighted by Gasteiger charge is -2.06. The summed E-state index contributed by atoms with van der Waals surface area (Å²) in [4.78, 5) is 24.2. The molecule has 0 aromatic heterocycles. The van der Waals surface area contributed by atoms with E-state index in [-0.39, 0.29) is 0 Å². The van der Waals surface area contributed by atoms with Crippen molar-refractivity contribution in [2.24, 2.45) is 0 Å². The molecule has 0 fully saturated rings. The van der Waals surface area contributed by atoms with Crippen molar-refractivity contribution < 1.29 is 19.1 Å². The van der Waals surface area contributed by atoms with E-state index in [1.807, 2.05) is 6.07 Å². The normalized spacial score (nSPS) is 10.1. The molecule has 5 heteroatoms. The van der Waals surface area contributed by atoms with Crippen molar-refractivity contribution in [3.8, 4) is 11.5 Å². The Labute approximate surface area is 144 Å². The number of hydrogen-bond donors (Lipinski definition) is 1. The number of benzene rings is 3. The molecule has 0 saturated carbocycles. The second-order valence-electron chi connectivity index (χ2n) is 5.24. The van der Waals surface area contributed by atoms with Crippen LogP contribution in [-0.4, -0.2) is 11.9 Å². The molecule has 0 amide bonds. The first kappa shape index (κ1) is 16.3. The quantitative estimate of drug-likeness (QED) is 0.447. The Morgan fingerprint density at radius 1 is 0.600 bits per heavy atom. The summed E-state index contributed by atoms with van der Waals surface area (Å²) in [6, 6.07) is 21.3. The van der Waals surface area contributed by atoms with Crippen LogP contribution in [0.25, 0.3) is 0 Å². The van der Waals surface area contributed by atoms with Crippen molar-refractivity contribution in [3.63, 3.8) is 0 Å². The summed E-state index contributed by atoms with van der Waals surface area (Å²) in [5, 5.41) is 0. The topological polar surface area (TPSA) is 78.6 Å². The number of nitrogen functional groups attached to an aromatic ring is 1. The molecule has 5 nitrogen and oxygen atoms in total. The van der Waals surface area contributed by atoms with Gasteiger partial charge >= 0.3 is 11.9 Å². The lowest BCUT2D eigenvalue weighted by atomic mass is 10.1. The van der Waals surface area contributed by atoms with E-state index in [1.165, 1.54) is 24.3 Å². The van der Waals surface area contributed by atoms with Crippen LogP contribution in [0.5, 0.6) is 11.5 Å². The molecule has 0 radical (unpaired) electrons. The number of nitrogens with two attached hydrogens (primary N) is 1. The predicted molar refractivity (Wildman–Crippen MR) is 93.7 cm³/mol. The molecule has 0 saturated heterocycles. The maximum atomic E-state index is 12.1. The Kier molecular flexibility index (Phi) is 4.76. The SMILES string of the molecule is Nc1ccc(OC(=O)c2ccc(C(=O)Oc3ccccc3)cc2)cc1. The van der Waals surface area contributed by atoms with Crippen LogP contribution >= 0.6 is 0 Å². The summed E-state index contributed by atoms with van der Waals surface area (Å²) in [6.07, 6.45) is 0. The summed E-state index contributed by atoms with van der Waals surface area (Å²) in [7, 11) is 0. The van der Waals surface area contributed by atoms with Gasteiger partial charge in [0, 0.05) is 5.69 Å². The third-order valence-corrected chi connectivity index (χ3v) is 3.40. The van der Waals surface area contributed by atoms with Crippen molar-refractivity contribution in [3.05, 3.63) is 90.0 Å². The molecule has 0 unspecified atom stereocenters. The van der Waals surface area contributed by atoms with E-state index >= 15 is 0 Å². The zero-order chi connectivity index (χ0) is 17.6. The highest BCUT2D eigenvalue weighted by molar-refractivity contribution is 5.94. The average molecular weight is 333 g/mol. The van der Waals surface area contributed by atoms with Gasteiger partial charge in [-0.25, -0.2) is 9.59 Å². The van der Waals surface area contributed by atoms with Gasteiger partial charge in [0.2, 0.25) is 0 Å². The highest BCUT2D eigenvalue weighted by Crippen LogP contribution is 2.16. The Balaban J connectivity index is 1.66. The van der Waals surface area contributed by atoms with Crippen LogP contribution in [0.1, 0.15) is 20.7 Å². The minimum atomic E-state index is -0.521. The minimum Gasteiger partial charge on any atom is -0.423 e. The van der Waals surface area contributed by atoms with Gasteiger partial charge in [0.15, 0.2) is 0 Å². The summed E-state index contributed by atoms with van der Waals surface area (Å²) in [5.74, 6) is -0.163. The van der Waals surface area contributed by atoms with E-state index < -0.39 is 11.9 Å². The number of para-hydroxylation sites is 1. The third-order valence-electron chi connectivity index (χ3n) is 3.40. The number of rotatable bonds is 4. The number of anilines is 1. The standard InChI is InChI=1S/C20H15NO4/c21-16-10-12-18(13-11-16)25-20(23)15-8-6-14(7-9-15)19(22)24-17-4-2-1-3-5-17/h1-13H,21H2. The lowest BCUT2D eigenvalue weighted by molar-refractivity contribution is 0.0720. The molecule has 3 aromatic carbocycles. The number of ether oxygens (including phenoxy) is 2. The molecule has 3 rings (SSSR count). The third kappa shape index (κ3) is 4.23. The fraction of sp³-hybridized carbons (Fsp3) is 0. The van der Waals surface area contributed by atoms with E-state index in [2.05, 4.69) is 0 Å². The Bertz CT molecular complexity index is 872. The summed E-state index contributed by atoms with van der Waals surface area (Å²) >= 11 is 0. The molecule has 0 aliphatic heterocycles. The van der Waals surface area contributed by atoms with Crippen LogP contribution in [0, 0.1) is 0 Å². The number of carbonyl (C=O) groups is 2. The smallest absolute Gasteiger partial charge is 0.343 e. The zero-order valence-electron chi connectivity index (χ0n) is 13.2. The van der Waals surface area contributed by atoms with Gasteiger partial charge in [0.1, 0.15) is 11.5 Å². The molecule has 2 N–H and O–H groups in total. The largest absolute Gasteiger partial charge is 0.423 e. The highest BCUT2D eigenvalue weighted by Gasteiger charge is 2.12. The van der Waals surface area contributed by atoms with Crippen molar-refractivity contribution in [1.82, 2.24) is 0 Å². The van der Waals surface area contributed by atoms with E-state index in [1.54, 1.807) is 48.5 Å². The molecule has 0 bridgehead atoms. The number of carbonyl (C=O) groups excluding carboxylic acids is 2. The first-order valence-corrected chi connectivity index (χ1v) is 7.57. The molecular weight excluding hydrogens is 318 g/mol. The average Bonchev–Trinajstić information content (AvgIpc) is 2.64. The van der Waals surface area contributed by atoms with E-state index in [0.717, 1.165) is 0 Å². The Morgan fingerprint density at radius 2 is 1.04 bits per heavy atom. The molecule has 3 aromatic rings. The summed E-state index contributed by atoms with van der Waals surface area (Å²) in [6.45, 7) is 0. The second-order valence-corrected chi connectivity index (χ2v) is 5.24. The molecule has 0 spiro atoms. The minimum absolute atomic E-state index is 0.327. The van der Waals surface area contributed by atoms with Crippen molar-refractivity contribution in [2.45, 2.75) is 0 Å². The van der Waals surface area contributed by atoms with Crippen molar-refractivity contribution >= 4 is 17.6 Å². The van der Waals surface area contributed by atoms with Crippen LogP contribution in [-0.2, 0) is 0 Å². The van der Waals surface area contributed by atoms with Crippen LogP contribution in [0.2, 0.25) is 0 Å². The van der Waals surface area contributed by atoms with Gasteiger partial charge in [-0.1, -0.05) is 18.2 Å². The fourth-order valence-electron chi connectivity index (χ4n) is 2.10. The molecule has 0 atom stereocenters. The van der Waals surface area contributed by atoms with Crippen LogP contribution < -0.4 is 15.2 Å². The fourth-order valence-corrected chi connectivity index (χ4v) is 2.10. The summed E-state index contributed by atoms with van der Waals surface area (Å²) in [5.41, 5.74) is 6.84. The Hall–Kier alpha value is -3.60. The van der Waals surface area contributed by atoms with Gasteiger partial charge in [-0.3, -0.25) is 0 Å². The van der Waals surface area contributed by atoms with Gasteiger partial charge < -0.3 is 15.2 Å². The van der Waals surface area contributed by atoms with Crippen molar-refractivity contribution in [1.29, 1.82) is 0 Å². The van der Waals surface area contributed by atoms with Crippen LogP contribution in [0.15, 0.2) is 78.9 Å². The Morgan fingerprint density at radius 3 is 1.52 bits per heavy atom. The van der Waals surface area contributed by atoms with Gasteiger partial charge in [-0.2, -0.15) is 0 Å². The number of esters is 2. The van der Waals surface area contributed by atoms with Crippen LogP contribution in [0.3, 0.4) is 0 Å². The summed E-state index contributed by atoms with van der Waals surface area (Å²) < 4.78 is 10.5. The maximum absolute atomic E-state index is 12.1. The van der Waals surface area contributed by atoms with Gasteiger partial charge in [-0.05, 0) is 60.7 Å². The van der Waals surface area contributed by atoms with E-state index in [9.17, 15) is 9.59 Å². The molecule has 25 heavy (non-hydrogen) atoms. The zero-order valence-corrected chi connectivity index (χ0v) is 13.2.